The number of fused-ring (bicyclic) bond motifs is 2. The molecule has 1 aliphatic carbocycles. The van der Waals surface area contributed by atoms with Crippen molar-refractivity contribution in [1.29, 1.82) is 0 Å². The number of anilines is 1. The van der Waals surface area contributed by atoms with Crippen molar-refractivity contribution < 1.29 is 14.7 Å². The Hall–Kier alpha value is -3.20. The molecule has 2 aromatic carbocycles. The molecule has 1 saturated carbocycles. The minimum Gasteiger partial charge on any atom is -0.395 e. The zero-order valence-electron chi connectivity index (χ0n) is 21.3. The number of aliphatic hydroxyl groups is 1. The van der Waals surface area contributed by atoms with Crippen LogP contribution in [0.3, 0.4) is 0 Å². The molecule has 2 amide bonds. The van der Waals surface area contributed by atoms with Gasteiger partial charge in [0, 0.05) is 55.4 Å². The molecule has 3 aromatic rings. The maximum absolute atomic E-state index is 14.0. The minimum atomic E-state index is -0.117. The molecule has 198 valence electrons. The van der Waals surface area contributed by atoms with Crippen LogP contribution in [0.5, 0.6) is 0 Å². The van der Waals surface area contributed by atoms with Crippen LogP contribution in [0.25, 0.3) is 11.3 Å². The van der Waals surface area contributed by atoms with Crippen LogP contribution in [0.4, 0.5) is 5.69 Å². The fraction of sp³-hybridized carbons (Fsp3) is 0.414. The summed E-state index contributed by atoms with van der Waals surface area (Å²) in [5, 5.41) is 17.7. The number of nitrogens with zero attached hydrogens (tertiary/aromatic N) is 4. The molecule has 1 fully saturated rings. The van der Waals surface area contributed by atoms with Crippen LogP contribution >= 0.6 is 11.6 Å². The Morgan fingerprint density at radius 3 is 2.76 bits per heavy atom. The summed E-state index contributed by atoms with van der Waals surface area (Å²) in [6.45, 7) is 3.76. The van der Waals surface area contributed by atoms with E-state index >= 15 is 0 Å². The number of β-amino-alcohol motifs (C(OH)–C–C–N with tert-alkyl or cyclic N) is 1. The highest BCUT2D eigenvalue weighted by atomic mass is 35.5. The van der Waals surface area contributed by atoms with Gasteiger partial charge in [-0.1, -0.05) is 29.8 Å². The Balaban J connectivity index is 1.32. The molecule has 1 aromatic heterocycles. The second-order valence-corrected chi connectivity index (χ2v) is 10.9. The zero-order chi connectivity index (χ0) is 26.2. The van der Waals surface area contributed by atoms with E-state index in [-0.39, 0.29) is 25.0 Å². The molecule has 0 spiro atoms. The highest BCUT2D eigenvalue weighted by Crippen LogP contribution is 2.34. The number of hydrogen-bond donors (Lipinski definition) is 2. The second kappa shape index (κ2) is 10.5. The quantitative estimate of drug-likeness (QED) is 0.464. The molecular formula is C29H32ClN5O3. The summed E-state index contributed by atoms with van der Waals surface area (Å²) in [4.78, 5) is 30.8. The van der Waals surface area contributed by atoms with E-state index in [1.165, 1.54) is 24.0 Å². The Kier molecular flexibility index (Phi) is 6.95. The lowest BCUT2D eigenvalue weighted by Gasteiger charge is -2.31. The average Bonchev–Trinajstić information content (AvgIpc) is 3.68. The number of aromatic nitrogens is 2. The van der Waals surface area contributed by atoms with Gasteiger partial charge >= 0.3 is 0 Å². The van der Waals surface area contributed by atoms with E-state index in [0.717, 1.165) is 36.5 Å². The number of nitrogens with one attached hydrogen (secondary N) is 1. The van der Waals surface area contributed by atoms with Gasteiger partial charge in [0.2, 0.25) is 5.91 Å². The highest BCUT2D eigenvalue weighted by Gasteiger charge is 2.34. The van der Waals surface area contributed by atoms with Crippen LogP contribution in [0.2, 0.25) is 5.02 Å². The molecule has 2 aliphatic heterocycles. The first-order valence-electron chi connectivity index (χ1n) is 13.4. The summed E-state index contributed by atoms with van der Waals surface area (Å²) in [6.07, 6.45) is 3.87. The molecular weight excluding hydrogens is 502 g/mol. The molecule has 0 saturated heterocycles. The maximum Gasteiger partial charge on any atom is 0.262 e. The highest BCUT2D eigenvalue weighted by molar-refractivity contribution is 6.30. The lowest BCUT2D eigenvalue weighted by atomic mass is 9.96. The number of carbonyl (C=O) groups excluding carboxylic acids is 2. The van der Waals surface area contributed by atoms with Crippen LogP contribution in [0.15, 0.2) is 42.5 Å². The van der Waals surface area contributed by atoms with Gasteiger partial charge in [0.05, 0.1) is 17.9 Å². The summed E-state index contributed by atoms with van der Waals surface area (Å²) < 4.78 is 1.70. The third-order valence-electron chi connectivity index (χ3n) is 7.77. The SMILES string of the molecule is O=C(Cn1nc(-c2cccc(Cl)c2)c2c1CCN(c1ccc3c(c1)CN(CCO)CC3)C2=O)NCC1CC1. The molecule has 38 heavy (non-hydrogen) atoms. The first-order valence-corrected chi connectivity index (χ1v) is 13.8. The summed E-state index contributed by atoms with van der Waals surface area (Å²) in [7, 11) is 0. The Labute approximate surface area is 227 Å². The van der Waals surface area contributed by atoms with Gasteiger partial charge in [0.25, 0.3) is 5.91 Å². The van der Waals surface area contributed by atoms with Gasteiger partial charge in [0.15, 0.2) is 0 Å². The standard InChI is InChI=1S/C29H32ClN5O3/c30-23-3-1-2-21(14-23)28-27-25(35(32-28)18-26(37)31-16-19-4-5-19)9-11-34(29(27)38)24-7-6-20-8-10-33(12-13-36)17-22(20)15-24/h1-3,6-7,14-15,19,36H,4-5,8-13,16-18H2,(H,31,37). The smallest absolute Gasteiger partial charge is 0.262 e. The van der Waals surface area contributed by atoms with Crippen LogP contribution < -0.4 is 10.2 Å². The van der Waals surface area contributed by atoms with Crippen LogP contribution in [0, 0.1) is 5.92 Å². The Morgan fingerprint density at radius 2 is 1.97 bits per heavy atom. The van der Waals surface area contributed by atoms with Crippen molar-refractivity contribution in [3.05, 3.63) is 69.9 Å². The third-order valence-corrected chi connectivity index (χ3v) is 8.01. The zero-order valence-corrected chi connectivity index (χ0v) is 22.1. The molecule has 0 unspecified atom stereocenters. The largest absolute Gasteiger partial charge is 0.395 e. The number of hydrogen-bond acceptors (Lipinski definition) is 5. The number of carbonyl (C=O) groups is 2. The molecule has 3 heterocycles. The summed E-state index contributed by atoms with van der Waals surface area (Å²) in [5.41, 5.74) is 5.97. The van der Waals surface area contributed by atoms with E-state index < -0.39 is 0 Å². The lowest BCUT2D eigenvalue weighted by Crippen LogP contribution is -2.39. The van der Waals surface area contributed by atoms with Crippen molar-refractivity contribution >= 4 is 29.1 Å². The second-order valence-electron chi connectivity index (χ2n) is 10.5. The molecule has 9 heteroatoms. The van der Waals surface area contributed by atoms with Crippen LogP contribution in [-0.4, -0.2) is 64.4 Å². The Bertz CT molecular complexity index is 1380. The van der Waals surface area contributed by atoms with E-state index in [0.29, 0.717) is 48.3 Å². The number of aliphatic hydroxyl groups excluding tert-OH is 1. The number of halogens is 1. The third kappa shape index (κ3) is 5.08. The maximum atomic E-state index is 14.0. The van der Waals surface area contributed by atoms with Gasteiger partial charge in [-0.2, -0.15) is 5.10 Å². The lowest BCUT2D eigenvalue weighted by molar-refractivity contribution is -0.121. The fourth-order valence-corrected chi connectivity index (χ4v) is 5.71. The van der Waals surface area contributed by atoms with E-state index in [2.05, 4.69) is 22.3 Å². The predicted molar refractivity (Wildman–Crippen MR) is 146 cm³/mol. The molecule has 6 rings (SSSR count). The minimum absolute atomic E-state index is 0.0858. The van der Waals surface area contributed by atoms with Crippen molar-refractivity contribution in [2.24, 2.45) is 5.92 Å². The predicted octanol–water partition coefficient (Wildman–Crippen LogP) is 3.28. The molecule has 0 bridgehead atoms. The summed E-state index contributed by atoms with van der Waals surface area (Å²) >= 11 is 6.29. The van der Waals surface area contributed by atoms with Crippen molar-refractivity contribution in [2.45, 2.75) is 38.8 Å². The first-order chi connectivity index (χ1) is 18.5. The number of rotatable bonds is 8. The normalized spacial score (nSPS) is 17.3. The van der Waals surface area contributed by atoms with E-state index in [1.54, 1.807) is 10.7 Å². The van der Waals surface area contributed by atoms with Gasteiger partial charge < -0.3 is 15.3 Å². The summed E-state index contributed by atoms with van der Waals surface area (Å²) in [5.74, 6) is 0.390. The summed E-state index contributed by atoms with van der Waals surface area (Å²) in [6, 6.07) is 13.6. The first kappa shape index (κ1) is 25.1. The van der Waals surface area contributed by atoms with Crippen LogP contribution in [0.1, 0.15) is 40.0 Å². The average molecular weight is 534 g/mol. The Morgan fingerprint density at radius 1 is 1.11 bits per heavy atom. The van der Waals surface area contributed by atoms with Crippen molar-refractivity contribution in [1.82, 2.24) is 20.0 Å². The van der Waals surface area contributed by atoms with Crippen molar-refractivity contribution in [3.8, 4) is 11.3 Å². The van der Waals surface area contributed by atoms with Gasteiger partial charge in [-0.15, -0.1) is 0 Å². The van der Waals surface area contributed by atoms with Crippen molar-refractivity contribution in [3.63, 3.8) is 0 Å². The van der Waals surface area contributed by atoms with Gasteiger partial charge in [0.1, 0.15) is 12.2 Å². The van der Waals surface area contributed by atoms with E-state index in [9.17, 15) is 14.7 Å². The van der Waals surface area contributed by atoms with Gasteiger partial charge in [-0.05, 0) is 60.6 Å². The van der Waals surface area contributed by atoms with E-state index in [4.69, 9.17) is 16.7 Å². The van der Waals surface area contributed by atoms with Crippen molar-refractivity contribution in [2.75, 3.05) is 37.7 Å². The van der Waals surface area contributed by atoms with E-state index in [1.807, 2.05) is 29.2 Å². The molecule has 2 N–H and O–H groups in total. The molecule has 0 atom stereocenters. The van der Waals surface area contributed by atoms with Crippen LogP contribution in [-0.2, 0) is 30.7 Å². The molecule has 8 nitrogen and oxygen atoms in total. The fourth-order valence-electron chi connectivity index (χ4n) is 5.52. The molecule has 0 radical (unpaired) electrons. The number of benzene rings is 2. The number of amides is 2. The monoisotopic (exact) mass is 533 g/mol. The topological polar surface area (TPSA) is 90.7 Å². The van der Waals surface area contributed by atoms with Gasteiger partial charge in [-0.3, -0.25) is 19.2 Å². The van der Waals surface area contributed by atoms with Gasteiger partial charge in [-0.25, -0.2) is 0 Å². The molecule has 3 aliphatic rings.